The van der Waals surface area contributed by atoms with E-state index in [1.165, 1.54) is 6.92 Å². The quantitative estimate of drug-likeness (QED) is 0.767. The minimum absolute atomic E-state index is 0. The summed E-state index contributed by atoms with van der Waals surface area (Å²) in [5.74, 6) is -0.279. The maximum absolute atomic E-state index is 12.6. The van der Waals surface area contributed by atoms with Crippen LogP contribution in [-0.4, -0.2) is 23.9 Å². The van der Waals surface area contributed by atoms with Crippen molar-refractivity contribution >= 4 is 24.2 Å². The second-order valence-corrected chi connectivity index (χ2v) is 6.05. The standard InChI is InChI=1S/C17H25N3O2.ClH/c1-13(21)20-17(10-6-3-7-11-17)16(22)19-12-15(18)14-8-4-2-5-9-14;/h2,4-5,8-9,15H,3,6-7,10-12,18H2,1H3,(H,19,22)(H,20,21);1H. The van der Waals surface area contributed by atoms with E-state index in [2.05, 4.69) is 10.6 Å². The SMILES string of the molecule is CC(=O)NC1(C(=O)NCC(N)c2ccccc2)CCCCC1.Cl. The molecule has 0 spiro atoms. The minimum Gasteiger partial charge on any atom is -0.352 e. The van der Waals surface area contributed by atoms with Gasteiger partial charge in [0.1, 0.15) is 5.54 Å². The second-order valence-electron chi connectivity index (χ2n) is 6.05. The fourth-order valence-electron chi connectivity index (χ4n) is 3.09. The van der Waals surface area contributed by atoms with E-state index in [0.717, 1.165) is 24.8 Å². The number of hydrogen-bond donors (Lipinski definition) is 3. The molecular formula is C17H26ClN3O2. The van der Waals surface area contributed by atoms with E-state index in [-0.39, 0.29) is 30.3 Å². The fourth-order valence-corrected chi connectivity index (χ4v) is 3.09. The second kappa shape index (κ2) is 8.89. The number of nitrogens with two attached hydrogens (primary N) is 1. The molecule has 128 valence electrons. The summed E-state index contributed by atoms with van der Waals surface area (Å²) in [5, 5.41) is 5.78. The maximum atomic E-state index is 12.6. The van der Waals surface area contributed by atoms with Gasteiger partial charge in [-0.05, 0) is 18.4 Å². The lowest BCUT2D eigenvalue weighted by molar-refractivity contribution is -0.134. The Balaban J connectivity index is 0.00000264. The van der Waals surface area contributed by atoms with Crippen LogP contribution in [-0.2, 0) is 9.59 Å². The molecule has 6 heteroatoms. The van der Waals surface area contributed by atoms with Crippen LogP contribution in [0.5, 0.6) is 0 Å². The van der Waals surface area contributed by atoms with Gasteiger partial charge in [-0.15, -0.1) is 12.4 Å². The summed E-state index contributed by atoms with van der Waals surface area (Å²) in [4.78, 5) is 24.1. The maximum Gasteiger partial charge on any atom is 0.245 e. The van der Waals surface area contributed by atoms with Gasteiger partial charge in [-0.3, -0.25) is 9.59 Å². The molecule has 1 aliphatic rings. The molecule has 1 fully saturated rings. The molecule has 1 atom stereocenters. The minimum atomic E-state index is -0.763. The molecule has 1 aromatic rings. The molecule has 2 rings (SSSR count). The first-order valence-corrected chi connectivity index (χ1v) is 7.91. The topological polar surface area (TPSA) is 84.2 Å². The first-order chi connectivity index (χ1) is 10.5. The van der Waals surface area contributed by atoms with Gasteiger partial charge >= 0.3 is 0 Å². The molecule has 0 heterocycles. The highest BCUT2D eigenvalue weighted by atomic mass is 35.5. The lowest BCUT2D eigenvalue weighted by Gasteiger charge is -2.36. The molecule has 5 nitrogen and oxygen atoms in total. The Morgan fingerprint density at radius 3 is 2.35 bits per heavy atom. The Morgan fingerprint density at radius 1 is 1.17 bits per heavy atom. The van der Waals surface area contributed by atoms with Gasteiger partial charge in [0.2, 0.25) is 11.8 Å². The van der Waals surface area contributed by atoms with Crippen molar-refractivity contribution in [3.8, 4) is 0 Å². The van der Waals surface area contributed by atoms with E-state index in [9.17, 15) is 9.59 Å². The van der Waals surface area contributed by atoms with Crippen molar-refractivity contribution in [2.75, 3.05) is 6.54 Å². The molecule has 1 saturated carbocycles. The summed E-state index contributed by atoms with van der Waals surface area (Å²) in [6.45, 7) is 1.82. The van der Waals surface area contributed by atoms with E-state index in [1.54, 1.807) is 0 Å². The van der Waals surface area contributed by atoms with Gasteiger partial charge in [0, 0.05) is 19.5 Å². The van der Waals surface area contributed by atoms with Gasteiger partial charge in [0.25, 0.3) is 0 Å². The summed E-state index contributed by atoms with van der Waals surface area (Å²) >= 11 is 0. The average molecular weight is 340 g/mol. The number of benzene rings is 1. The summed E-state index contributed by atoms with van der Waals surface area (Å²) in [5.41, 5.74) is 6.34. The lowest BCUT2D eigenvalue weighted by atomic mass is 9.80. The molecule has 23 heavy (non-hydrogen) atoms. The van der Waals surface area contributed by atoms with Crippen molar-refractivity contribution in [3.05, 3.63) is 35.9 Å². The van der Waals surface area contributed by atoms with Crippen molar-refractivity contribution in [2.24, 2.45) is 5.73 Å². The first kappa shape index (κ1) is 19.5. The van der Waals surface area contributed by atoms with Crippen LogP contribution in [0.15, 0.2) is 30.3 Å². The average Bonchev–Trinajstić information content (AvgIpc) is 2.53. The molecule has 1 aliphatic carbocycles. The largest absolute Gasteiger partial charge is 0.352 e. The van der Waals surface area contributed by atoms with Crippen LogP contribution in [0.2, 0.25) is 0 Å². The van der Waals surface area contributed by atoms with Gasteiger partial charge in [-0.25, -0.2) is 0 Å². The summed E-state index contributed by atoms with van der Waals surface area (Å²) in [6, 6.07) is 9.43. The molecule has 0 saturated heterocycles. The Kier molecular flexibility index (Phi) is 7.52. The monoisotopic (exact) mass is 339 g/mol. The van der Waals surface area contributed by atoms with Gasteiger partial charge in [-0.2, -0.15) is 0 Å². The molecular weight excluding hydrogens is 314 g/mol. The van der Waals surface area contributed by atoms with Gasteiger partial charge in [0.15, 0.2) is 0 Å². The lowest BCUT2D eigenvalue weighted by Crippen LogP contribution is -2.59. The Hall–Kier alpha value is -1.59. The Morgan fingerprint density at radius 2 is 1.78 bits per heavy atom. The molecule has 0 aliphatic heterocycles. The van der Waals surface area contributed by atoms with E-state index >= 15 is 0 Å². The van der Waals surface area contributed by atoms with Crippen molar-refractivity contribution in [1.82, 2.24) is 10.6 Å². The highest BCUT2D eigenvalue weighted by Gasteiger charge is 2.40. The highest BCUT2D eigenvalue weighted by Crippen LogP contribution is 2.28. The fraction of sp³-hybridized carbons (Fsp3) is 0.529. The third-order valence-corrected chi connectivity index (χ3v) is 4.27. The number of hydrogen-bond acceptors (Lipinski definition) is 3. The molecule has 1 unspecified atom stereocenters. The van der Waals surface area contributed by atoms with E-state index in [0.29, 0.717) is 19.4 Å². The molecule has 2 amide bonds. The summed E-state index contributed by atoms with van der Waals surface area (Å²) in [6.07, 6.45) is 4.41. The van der Waals surface area contributed by atoms with Crippen LogP contribution in [0.3, 0.4) is 0 Å². The predicted molar refractivity (Wildman–Crippen MR) is 93.3 cm³/mol. The Labute approximate surface area is 143 Å². The Bertz CT molecular complexity index is 516. The van der Waals surface area contributed by atoms with Crippen molar-refractivity contribution < 1.29 is 9.59 Å². The van der Waals surface area contributed by atoms with E-state index < -0.39 is 5.54 Å². The normalized spacial score (nSPS) is 17.5. The third-order valence-electron chi connectivity index (χ3n) is 4.27. The number of halogens is 1. The van der Waals surface area contributed by atoms with Crippen LogP contribution < -0.4 is 16.4 Å². The summed E-state index contributed by atoms with van der Waals surface area (Å²) in [7, 11) is 0. The van der Waals surface area contributed by atoms with E-state index in [1.807, 2.05) is 30.3 Å². The van der Waals surface area contributed by atoms with Gasteiger partial charge in [0.05, 0.1) is 0 Å². The zero-order valence-corrected chi connectivity index (χ0v) is 14.3. The number of amides is 2. The molecule has 0 aromatic heterocycles. The highest BCUT2D eigenvalue weighted by molar-refractivity contribution is 5.91. The van der Waals surface area contributed by atoms with E-state index in [4.69, 9.17) is 5.73 Å². The van der Waals surface area contributed by atoms with Crippen LogP contribution in [0.4, 0.5) is 0 Å². The van der Waals surface area contributed by atoms with Crippen molar-refractivity contribution in [2.45, 2.75) is 50.6 Å². The molecule has 0 radical (unpaired) electrons. The van der Waals surface area contributed by atoms with Gasteiger partial charge in [-0.1, -0.05) is 49.6 Å². The number of nitrogens with one attached hydrogen (secondary N) is 2. The zero-order chi connectivity index (χ0) is 16.0. The number of carbonyl (C=O) groups excluding carboxylic acids is 2. The zero-order valence-electron chi connectivity index (χ0n) is 13.5. The van der Waals surface area contributed by atoms with Crippen LogP contribution in [0.25, 0.3) is 0 Å². The predicted octanol–water partition coefficient (Wildman–Crippen LogP) is 2.06. The van der Waals surface area contributed by atoms with Crippen molar-refractivity contribution in [3.63, 3.8) is 0 Å². The smallest absolute Gasteiger partial charge is 0.245 e. The molecule has 1 aromatic carbocycles. The number of rotatable bonds is 5. The number of carbonyl (C=O) groups is 2. The van der Waals surface area contributed by atoms with Crippen LogP contribution in [0, 0.1) is 0 Å². The first-order valence-electron chi connectivity index (χ1n) is 7.91. The van der Waals surface area contributed by atoms with Gasteiger partial charge < -0.3 is 16.4 Å². The van der Waals surface area contributed by atoms with Crippen LogP contribution >= 0.6 is 12.4 Å². The van der Waals surface area contributed by atoms with Crippen LogP contribution in [0.1, 0.15) is 50.6 Å². The third kappa shape index (κ3) is 5.22. The molecule has 4 N–H and O–H groups in total. The molecule has 0 bridgehead atoms. The van der Waals surface area contributed by atoms with Crippen molar-refractivity contribution in [1.29, 1.82) is 0 Å². The summed E-state index contributed by atoms with van der Waals surface area (Å²) < 4.78 is 0.